The Morgan fingerprint density at radius 3 is 2.88 bits per heavy atom. The van der Waals surface area contributed by atoms with Gasteiger partial charge in [-0.2, -0.15) is 0 Å². The van der Waals surface area contributed by atoms with Crippen molar-refractivity contribution < 1.29 is 18.8 Å². The molecule has 3 aromatic rings. The fraction of sp³-hybridized carbons (Fsp3) is 0.333. The van der Waals surface area contributed by atoms with Gasteiger partial charge in [-0.05, 0) is 55.4 Å². The van der Waals surface area contributed by atoms with Crippen molar-refractivity contribution >= 4 is 23.0 Å². The molecule has 0 amide bonds. The number of thiocarbonyl (C=S) groups is 1. The number of furan rings is 1. The van der Waals surface area contributed by atoms with Crippen LogP contribution in [-0.2, 0) is 4.74 Å². The van der Waals surface area contributed by atoms with Crippen molar-refractivity contribution in [3.05, 3.63) is 76.3 Å². The molecule has 34 heavy (non-hydrogen) atoms. The van der Waals surface area contributed by atoms with Crippen LogP contribution in [0.25, 0.3) is 11.3 Å². The highest BCUT2D eigenvalue weighted by Crippen LogP contribution is 2.42. The highest BCUT2D eigenvalue weighted by Gasteiger charge is 2.43. The first kappa shape index (κ1) is 22.3. The number of nitrogens with one attached hydrogen (secondary N) is 1. The molecule has 176 valence electrons. The van der Waals surface area contributed by atoms with Gasteiger partial charge in [-0.3, -0.25) is 15.1 Å². The van der Waals surface area contributed by atoms with Crippen LogP contribution in [0.1, 0.15) is 36.4 Å². The van der Waals surface area contributed by atoms with Crippen molar-refractivity contribution in [1.29, 1.82) is 0 Å². The lowest BCUT2D eigenvalue weighted by molar-refractivity contribution is -0.384. The van der Waals surface area contributed by atoms with Gasteiger partial charge in [-0.15, -0.1) is 0 Å². The maximum Gasteiger partial charge on any atom is 0.273 e. The molecule has 0 radical (unpaired) electrons. The number of pyridine rings is 1. The van der Waals surface area contributed by atoms with E-state index in [4.69, 9.17) is 26.1 Å². The molecule has 4 heterocycles. The van der Waals surface area contributed by atoms with E-state index in [0.717, 1.165) is 25.1 Å². The van der Waals surface area contributed by atoms with E-state index in [-0.39, 0.29) is 23.9 Å². The molecule has 2 saturated heterocycles. The number of nitro benzene ring substituents is 1. The molecule has 3 atom stereocenters. The van der Waals surface area contributed by atoms with Gasteiger partial charge in [0.2, 0.25) is 0 Å². The summed E-state index contributed by atoms with van der Waals surface area (Å²) < 4.78 is 17.6. The summed E-state index contributed by atoms with van der Waals surface area (Å²) in [6.07, 6.45) is 3.89. The van der Waals surface area contributed by atoms with Crippen molar-refractivity contribution in [1.82, 2.24) is 15.2 Å². The van der Waals surface area contributed by atoms with E-state index in [1.54, 1.807) is 12.3 Å². The summed E-state index contributed by atoms with van der Waals surface area (Å²) in [5.41, 5.74) is 1.44. The van der Waals surface area contributed by atoms with E-state index in [1.807, 2.05) is 30.3 Å². The monoisotopic (exact) mass is 480 g/mol. The Hall–Kier alpha value is -3.50. The van der Waals surface area contributed by atoms with Crippen LogP contribution in [0.4, 0.5) is 5.69 Å². The van der Waals surface area contributed by atoms with Gasteiger partial charge >= 0.3 is 0 Å². The number of nitro groups is 1. The summed E-state index contributed by atoms with van der Waals surface area (Å²) in [6.45, 7) is 1.41. The van der Waals surface area contributed by atoms with E-state index >= 15 is 0 Å². The smallest absolute Gasteiger partial charge is 0.273 e. The van der Waals surface area contributed by atoms with Gasteiger partial charge < -0.3 is 24.1 Å². The molecule has 0 aliphatic carbocycles. The van der Waals surface area contributed by atoms with Crippen molar-refractivity contribution in [3.8, 4) is 17.1 Å². The van der Waals surface area contributed by atoms with Crippen LogP contribution in [-0.4, -0.2) is 46.3 Å². The third-order valence-corrected chi connectivity index (χ3v) is 6.55. The third kappa shape index (κ3) is 4.22. The van der Waals surface area contributed by atoms with E-state index in [2.05, 4.69) is 15.2 Å². The van der Waals surface area contributed by atoms with Gasteiger partial charge in [0.1, 0.15) is 23.3 Å². The van der Waals surface area contributed by atoms with E-state index in [1.165, 1.54) is 19.2 Å². The maximum absolute atomic E-state index is 11.2. The van der Waals surface area contributed by atoms with Crippen LogP contribution in [0, 0.1) is 10.1 Å². The summed E-state index contributed by atoms with van der Waals surface area (Å²) in [5.74, 6) is 1.63. The lowest BCUT2D eigenvalue weighted by atomic mass is 10.0. The van der Waals surface area contributed by atoms with Gasteiger partial charge in [0.05, 0.1) is 41.5 Å². The second-order valence-electron chi connectivity index (χ2n) is 8.26. The van der Waals surface area contributed by atoms with Crippen LogP contribution in [0.2, 0.25) is 0 Å². The second kappa shape index (κ2) is 9.40. The normalized spacial score (nSPS) is 22.1. The molecule has 0 spiro atoms. The molecule has 0 unspecified atom stereocenters. The molecule has 2 aromatic heterocycles. The van der Waals surface area contributed by atoms with Crippen molar-refractivity contribution in [2.75, 3.05) is 20.3 Å². The van der Waals surface area contributed by atoms with Crippen LogP contribution in [0.3, 0.4) is 0 Å². The average Bonchev–Trinajstić information content (AvgIpc) is 3.61. The van der Waals surface area contributed by atoms with Gasteiger partial charge in [0, 0.05) is 25.4 Å². The largest absolute Gasteiger partial charge is 0.496 e. The topological polar surface area (TPSA) is 103 Å². The fourth-order valence-corrected chi connectivity index (χ4v) is 4.89. The van der Waals surface area contributed by atoms with Crippen LogP contribution in [0.5, 0.6) is 5.75 Å². The zero-order valence-electron chi connectivity index (χ0n) is 18.5. The lowest BCUT2D eigenvalue weighted by Crippen LogP contribution is -2.36. The molecule has 2 aliphatic rings. The van der Waals surface area contributed by atoms with Gasteiger partial charge in [0.15, 0.2) is 5.11 Å². The molecular weight excluding hydrogens is 456 g/mol. The zero-order chi connectivity index (χ0) is 23.7. The zero-order valence-corrected chi connectivity index (χ0v) is 19.4. The SMILES string of the molecule is COc1cc([N+](=O)[O-])ccc1-c1ccc([C@@H]2[C@@H](c3ccccn3)NC(=S)N2C[C@@H]2CCCO2)o1. The Labute approximate surface area is 201 Å². The Kier molecular flexibility index (Phi) is 6.16. The Morgan fingerprint density at radius 1 is 1.29 bits per heavy atom. The number of rotatable bonds is 7. The van der Waals surface area contributed by atoms with E-state index in [9.17, 15) is 10.1 Å². The minimum absolute atomic E-state index is 0.0457. The molecule has 0 saturated carbocycles. The number of hydrogen-bond acceptors (Lipinski definition) is 7. The van der Waals surface area contributed by atoms with E-state index in [0.29, 0.717) is 34.5 Å². The van der Waals surface area contributed by atoms with Crippen molar-refractivity contribution in [3.63, 3.8) is 0 Å². The predicted molar refractivity (Wildman–Crippen MR) is 128 cm³/mol. The standard InChI is InChI=1S/C24H24N4O5S/c1-31-21-13-15(28(29)30)7-8-17(21)19-9-10-20(33-19)23-22(18-6-2-3-11-25-18)26-24(34)27(23)14-16-5-4-12-32-16/h2-3,6-11,13,16,22-23H,4-5,12,14H2,1H3,(H,26,34)/t16-,22+,23+/m0/s1. The molecule has 1 aromatic carbocycles. The number of nitrogens with zero attached hydrogens (tertiary/aromatic N) is 3. The van der Waals surface area contributed by atoms with Crippen molar-refractivity contribution in [2.45, 2.75) is 31.0 Å². The molecule has 10 heteroatoms. The summed E-state index contributed by atoms with van der Waals surface area (Å²) in [6, 6.07) is 13.6. The minimum Gasteiger partial charge on any atom is -0.496 e. The second-order valence-corrected chi connectivity index (χ2v) is 8.64. The first-order valence-corrected chi connectivity index (χ1v) is 11.5. The number of aromatic nitrogens is 1. The molecule has 2 aliphatic heterocycles. The molecule has 9 nitrogen and oxygen atoms in total. The highest BCUT2D eigenvalue weighted by molar-refractivity contribution is 7.80. The number of benzene rings is 1. The minimum atomic E-state index is -0.453. The number of methoxy groups -OCH3 is 1. The number of ether oxygens (including phenoxy) is 2. The third-order valence-electron chi connectivity index (χ3n) is 6.20. The van der Waals surface area contributed by atoms with Gasteiger partial charge in [-0.1, -0.05) is 6.07 Å². The number of non-ortho nitro benzene ring substituents is 1. The Balaban J connectivity index is 1.51. The van der Waals surface area contributed by atoms with Crippen LogP contribution in [0.15, 0.2) is 59.1 Å². The van der Waals surface area contributed by atoms with E-state index < -0.39 is 4.92 Å². The quantitative estimate of drug-likeness (QED) is 0.299. The first-order valence-electron chi connectivity index (χ1n) is 11.1. The summed E-state index contributed by atoms with van der Waals surface area (Å²) >= 11 is 5.71. The van der Waals surface area contributed by atoms with Crippen LogP contribution < -0.4 is 10.1 Å². The molecule has 5 rings (SSSR count). The summed E-state index contributed by atoms with van der Waals surface area (Å²) in [5, 5.41) is 15.2. The summed E-state index contributed by atoms with van der Waals surface area (Å²) in [4.78, 5) is 17.4. The Bertz CT molecular complexity index is 1200. The lowest BCUT2D eigenvalue weighted by Gasteiger charge is -2.28. The highest BCUT2D eigenvalue weighted by atomic mass is 32.1. The van der Waals surface area contributed by atoms with Gasteiger partial charge in [0.25, 0.3) is 5.69 Å². The fourth-order valence-electron chi connectivity index (χ4n) is 4.57. The van der Waals surface area contributed by atoms with Crippen LogP contribution >= 0.6 is 12.2 Å². The first-order chi connectivity index (χ1) is 16.5. The molecule has 2 fully saturated rings. The molecule has 0 bridgehead atoms. The molecular formula is C24H24N4O5S. The van der Waals surface area contributed by atoms with Gasteiger partial charge in [-0.25, -0.2) is 0 Å². The Morgan fingerprint density at radius 2 is 2.18 bits per heavy atom. The number of hydrogen-bond donors (Lipinski definition) is 1. The predicted octanol–water partition coefficient (Wildman–Crippen LogP) is 4.41. The summed E-state index contributed by atoms with van der Waals surface area (Å²) in [7, 11) is 1.48. The van der Waals surface area contributed by atoms with Crippen molar-refractivity contribution in [2.24, 2.45) is 0 Å². The maximum atomic E-state index is 11.2. The average molecular weight is 481 g/mol. The molecule has 1 N–H and O–H groups in total.